The largest absolute Gasteiger partial charge is 0.511 e. The highest BCUT2D eigenvalue weighted by atomic mass is 16.3. The molecule has 0 aromatic heterocycles. The standard InChI is InChI=1S/C26H40O5/c1-9-15(4)19(27)18-20(28)25(11-10-14(2)3)12-17-23(5,6)16(24(7,8)31)13-26(17,21(18)29)22(25)30/h10,15-17,22,28,30-31H,9,11-13H2,1-8H3/t15?,16-,17+,22?,25?,26-/m1/s1. The van der Waals surface area contributed by atoms with Gasteiger partial charge in [0, 0.05) is 5.92 Å². The third kappa shape index (κ3) is 3.10. The Kier molecular flexibility index (Phi) is 5.68. The monoisotopic (exact) mass is 432 g/mol. The molecule has 3 unspecified atom stereocenters. The average Bonchev–Trinajstić information content (AvgIpc) is 3.03. The SMILES string of the molecule is CCC(C)C(=O)C1=C(O)C2(CC=C(C)C)C[C@H]3C(C)(C)[C@H](C(C)(C)O)C[C@@]3(C1=O)C2O. The molecule has 5 heteroatoms. The van der Waals surface area contributed by atoms with Crippen LogP contribution in [-0.2, 0) is 9.59 Å². The van der Waals surface area contributed by atoms with E-state index in [1.807, 2.05) is 26.8 Å². The number of ketones is 2. The number of fused-ring (bicyclic) bond motifs is 1. The molecule has 2 bridgehead atoms. The summed E-state index contributed by atoms with van der Waals surface area (Å²) >= 11 is 0. The zero-order valence-electron chi connectivity index (χ0n) is 20.4. The predicted octanol–water partition coefficient (Wildman–Crippen LogP) is 4.52. The van der Waals surface area contributed by atoms with Crippen LogP contribution in [0.1, 0.15) is 81.1 Å². The van der Waals surface area contributed by atoms with Gasteiger partial charge in [-0.25, -0.2) is 0 Å². The molecule has 0 aromatic rings. The van der Waals surface area contributed by atoms with Crippen LogP contribution in [0.3, 0.4) is 0 Å². The zero-order valence-corrected chi connectivity index (χ0v) is 20.4. The zero-order chi connectivity index (χ0) is 23.7. The summed E-state index contributed by atoms with van der Waals surface area (Å²) in [6, 6.07) is 0. The number of carbonyl (C=O) groups excluding carboxylic acids is 2. The molecule has 0 amide bonds. The van der Waals surface area contributed by atoms with Crippen molar-refractivity contribution in [2.24, 2.45) is 34.0 Å². The van der Waals surface area contributed by atoms with Gasteiger partial charge in [-0.1, -0.05) is 39.3 Å². The Morgan fingerprint density at radius 2 is 1.84 bits per heavy atom. The molecule has 3 aliphatic carbocycles. The molecule has 3 N–H and O–H groups in total. The third-order valence-corrected chi connectivity index (χ3v) is 8.93. The summed E-state index contributed by atoms with van der Waals surface area (Å²) in [5, 5.41) is 34.1. The van der Waals surface area contributed by atoms with Gasteiger partial charge in [-0.05, 0) is 70.6 Å². The van der Waals surface area contributed by atoms with E-state index in [1.165, 1.54) is 0 Å². The Balaban J connectivity index is 2.28. The number of aliphatic hydroxyl groups is 3. The first-order valence-corrected chi connectivity index (χ1v) is 11.7. The molecule has 0 aromatic carbocycles. The van der Waals surface area contributed by atoms with Crippen LogP contribution in [0.2, 0.25) is 0 Å². The first kappa shape index (κ1) is 24.2. The maximum atomic E-state index is 14.0. The number of Topliss-reactive ketones (excluding diaryl/α,β-unsaturated/α-hetero) is 2. The lowest BCUT2D eigenvalue weighted by atomic mass is 9.61. The molecule has 3 aliphatic rings. The second-order valence-electron chi connectivity index (χ2n) is 11.8. The fourth-order valence-electron chi connectivity index (χ4n) is 7.05. The summed E-state index contributed by atoms with van der Waals surface area (Å²) < 4.78 is 0. The van der Waals surface area contributed by atoms with Crippen LogP contribution in [-0.4, -0.2) is 38.6 Å². The van der Waals surface area contributed by atoms with Crippen molar-refractivity contribution in [1.82, 2.24) is 0 Å². The van der Waals surface area contributed by atoms with E-state index in [4.69, 9.17) is 0 Å². The van der Waals surface area contributed by atoms with E-state index in [0.29, 0.717) is 25.7 Å². The topological polar surface area (TPSA) is 94.8 Å². The number of rotatable bonds is 6. The molecule has 2 fully saturated rings. The normalized spacial score (nSPS) is 37.6. The van der Waals surface area contributed by atoms with Crippen molar-refractivity contribution in [3.8, 4) is 0 Å². The highest BCUT2D eigenvalue weighted by molar-refractivity contribution is 6.24. The summed E-state index contributed by atoms with van der Waals surface area (Å²) in [5.41, 5.74) is -2.73. The van der Waals surface area contributed by atoms with Crippen molar-refractivity contribution < 1.29 is 24.9 Å². The van der Waals surface area contributed by atoms with Crippen LogP contribution in [0.5, 0.6) is 0 Å². The van der Waals surface area contributed by atoms with Crippen LogP contribution in [0.4, 0.5) is 0 Å². The van der Waals surface area contributed by atoms with Crippen LogP contribution in [0, 0.1) is 34.0 Å². The van der Waals surface area contributed by atoms with Crippen molar-refractivity contribution in [3.63, 3.8) is 0 Å². The Bertz CT molecular complexity index is 854. The van der Waals surface area contributed by atoms with E-state index in [9.17, 15) is 24.9 Å². The van der Waals surface area contributed by atoms with E-state index >= 15 is 0 Å². The van der Waals surface area contributed by atoms with Crippen molar-refractivity contribution >= 4 is 11.6 Å². The second-order valence-corrected chi connectivity index (χ2v) is 11.8. The maximum Gasteiger partial charge on any atom is 0.178 e. The number of aliphatic hydroxyl groups excluding tert-OH is 2. The summed E-state index contributed by atoms with van der Waals surface area (Å²) in [7, 11) is 0. The highest BCUT2D eigenvalue weighted by Gasteiger charge is 2.78. The van der Waals surface area contributed by atoms with Gasteiger partial charge in [-0.3, -0.25) is 9.59 Å². The Hall–Kier alpha value is -1.46. The average molecular weight is 433 g/mol. The van der Waals surface area contributed by atoms with Gasteiger partial charge in [0.1, 0.15) is 5.76 Å². The van der Waals surface area contributed by atoms with Gasteiger partial charge >= 0.3 is 0 Å². The van der Waals surface area contributed by atoms with E-state index in [-0.39, 0.29) is 34.9 Å². The molecule has 2 saturated carbocycles. The summed E-state index contributed by atoms with van der Waals surface area (Å²) in [6.07, 6.45) is 2.58. The minimum atomic E-state index is -1.16. The van der Waals surface area contributed by atoms with Gasteiger partial charge in [0.15, 0.2) is 11.6 Å². The third-order valence-electron chi connectivity index (χ3n) is 8.93. The van der Waals surface area contributed by atoms with Crippen LogP contribution >= 0.6 is 0 Å². The molecule has 0 aliphatic heterocycles. The minimum absolute atomic E-state index is 0.100. The molecule has 174 valence electrons. The van der Waals surface area contributed by atoms with E-state index in [2.05, 4.69) is 13.8 Å². The van der Waals surface area contributed by atoms with Gasteiger partial charge in [0.25, 0.3) is 0 Å². The maximum absolute atomic E-state index is 14.0. The molecule has 0 heterocycles. The van der Waals surface area contributed by atoms with Crippen LogP contribution in [0.25, 0.3) is 0 Å². The number of allylic oxidation sites excluding steroid dienone is 3. The van der Waals surface area contributed by atoms with E-state index in [1.54, 1.807) is 20.8 Å². The first-order chi connectivity index (χ1) is 14.1. The molecular weight excluding hydrogens is 392 g/mol. The summed E-state index contributed by atoms with van der Waals surface area (Å²) in [5.74, 6) is -1.81. The number of hydrogen-bond acceptors (Lipinski definition) is 5. The molecule has 31 heavy (non-hydrogen) atoms. The second kappa shape index (κ2) is 7.28. The van der Waals surface area contributed by atoms with Crippen molar-refractivity contribution in [3.05, 3.63) is 23.0 Å². The van der Waals surface area contributed by atoms with Gasteiger partial charge in [-0.2, -0.15) is 0 Å². The van der Waals surface area contributed by atoms with Gasteiger partial charge in [-0.15, -0.1) is 0 Å². The fraction of sp³-hybridized carbons (Fsp3) is 0.769. The Labute approximate surface area is 186 Å². The van der Waals surface area contributed by atoms with Gasteiger partial charge < -0.3 is 15.3 Å². The molecule has 6 atom stereocenters. The molecule has 3 rings (SSSR count). The Morgan fingerprint density at radius 3 is 2.32 bits per heavy atom. The van der Waals surface area contributed by atoms with Gasteiger partial charge in [0.2, 0.25) is 0 Å². The first-order valence-electron chi connectivity index (χ1n) is 11.7. The quantitative estimate of drug-likeness (QED) is 0.424. The fourth-order valence-corrected chi connectivity index (χ4v) is 7.05. The van der Waals surface area contributed by atoms with Crippen molar-refractivity contribution in [2.75, 3.05) is 0 Å². The molecular formula is C26H40O5. The minimum Gasteiger partial charge on any atom is -0.511 e. The lowest BCUT2D eigenvalue weighted by Gasteiger charge is -2.44. The lowest BCUT2D eigenvalue weighted by molar-refractivity contribution is -0.141. The molecule has 0 radical (unpaired) electrons. The number of carbonyl (C=O) groups is 2. The highest BCUT2D eigenvalue weighted by Crippen LogP contribution is 2.74. The predicted molar refractivity (Wildman–Crippen MR) is 120 cm³/mol. The summed E-state index contributed by atoms with van der Waals surface area (Å²) in [6.45, 7) is 15.2. The Morgan fingerprint density at radius 1 is 1.26 bits per heavy atom. The van der Waals surface area contributed by atoms with Crippen molar-refractivity contribution in [1.29, 1.82) is 0 Å². The van der Waals surface area contributed by atoms with Crippen LogP contribution < -0.4 is 0 Å². The van der Waals surface area contributed by atoms with Gasteiger partial charge in [0.05, 0.1) is 28.1 Å². The summed E-state index contributed by atoms with van der Waals surface area (Å²) in [4.78, 5) is 27.3. The lowest BCUT2D eigenvalue weighted by Crippen LogP contribution is -2.53. The van der Waals surface area contributed by atoms with Crippen molar-refractivity contribution in [2.45, 2.75) is 92.8 Å². The smallest absolute Gasteiger partial charge is 0.178 e. The molecule has 5 nitrogen and oxygen atoms in total. The van der Waals surface area contributed by atoms with E-state index < -0.39 is 33.7 Å². The molecule has 1 spiro atoms. The van der Waals surface area contributed by atoms with Crippen LogP contribution in [0.15, 0.2) is 23.0 Å². The number of hydrogen-bond donors (Lipinski definition) is 3. The van der Waals surface area contributed by atoms with E-state index in [0.717, 1.165) is 5.57 Å². The molecule has 0 saturated heterocycles.